The maximum absolute atomic E-state index is 12.7. The van der Waals surface area contributed by atoms with Crippen LogP contribution in [-0.4, -0.2) is 46.2 Å². The number of carbonyl (C=O) groups is 1. The summed E-state index contributed by atoms with van der Waals surface area (Å²) in [6.45, 7) is -2.13. The van der Waals surface area contributed by atoms with Gasteiger partial charge in [0.15, 0.2) is 5.96 Å². The van der Waals surface area contributed by atoms with E-state index in [1.807, 2.05) is 18.2 Å². The maximum atomic E-state index is 12.7. The topological polar surface area (TPSA) is 84.0 Å². The molecule has 0 saturated carbocycles. The molecule has 0 unspecified atom stereocenters. The highest BCUT2D eigenvalue weighted by Crippen LogP contribution is 2.26. The van der Waals surface area contributed by atoms with Crippen LogP contribution in [0.4, 0.5) is 8.78 Å². The molecule has 1 amide bonds. The van der Waals surface area contributed by atoms with Crippen LogP contribution in [0.2, 0.25) is 0 Å². The van der Waals surface area contributed by atoms with E-state index in [1.165, 1.54) is 13.2 Å². The molecule has 10 heteroatoms. The summed E-state index contributed by atoms with van der Waals surface area (Å²) in [5.74, 6) is 0.842. The van der Waals surface area contributed by atoms with Crippen molar-refractivity contribution in [3.05, 3.63) is 59.2 Å². The number of halogens is 3. The quantitative estimate of drug-likeness (QED) is 0.255. The van der Waals surface area contributed by atoms with Gasteiger partial charge in [0.25, 0.3) is 5.91 Å². The highest BCUT2D eigenvalue weighted by molar-refractivity contribution is 14.0. The Morgan fingerprint density at radius 1 is 1.16 bits per heavy atom. The average molecular weight is 548 g/mol. The minimum Gasteiger partial charge on any atom is -0.497 e. The molecule has 0 bridgehead atoms. The number of rotatable bonds is 9. The second-order valence-corrected chi connectivity index (χ2v) is 6.23. The first-order valence-electron chi connectivity index (χ1n) is 9.34. The Morgan fingerprint density at radius 3 is 2.58 bits per heavy atom. The number of amides is 1. The number of alkyl halides is 2. The Labute approximate surface area is 197 Å². The molecule has 0 aromatic heterocycles. The van der Waals surface area contributed by atoms with Gasteiger partial charge in [-0.3, -0.25) is 9.79 Å². The van der Waals surface area contributed by atoms with Crippen LogP contribution in [0.25, 0.3) is 0 Å². The van der Waals surface area contributed by atoms with Crippen LogP contribution in [0, 0.1) is 0 Å². The first-order chi connectivity index (χ1) is 14.5. The second-order valence-electron chi connectivity index (χ2n) is 6.23. The van der Waals surface area contributed by atoms with Gasteiger partial charge in [0.05, 0.1) is 7.11 Å². The van der Waals surface area contributed by atoms with Crippen LogP contribution in [0.5, 0.6) is 11.5 Å². The maximum Gasteiger partial charge on any atom is 0.387 e. The Kier molecular flexibility index (Phi) is 11.6. The molecule has 0 radical (unpaired) electrons. The van der Waals surface area contributed by atoms with Crippen molar-refractivity contribution in [3.8, 4) is 11.5 Å². The van der Waals surface area contributed by atoms with E-state index in [1.54, 1.807) is 32.3 Å². The Hall–Kier alpha value is -2.63. The highest BCUT2D eigenvalue weighted by atomic mass is 127. The van der Waals surface area contributed by atoms with E-state index in [0.29, 0.717) is 35.8 Å². The standard InChI is InChI=1S/C21H26F2N4O3.HI/c1-24-19(28)15-6-4-5-14(11-15)9-10-26-21(25-2)27-13-16-7-8-17(29-3)12-18(16)30-20(22)23;/h4-8,11-12,20H,9-10,13H2,1-3H3,(H,24,28)(H2,25,26,27);1H. The number of carbonyl (C=O) groups excluding carboxylic acids is 1. The van der Waals surface area contributed by atoms with Crippen molar-refractivity contribution in [2.45, 2.75) is 19.6 Å². The van der Waals surface area contributed by atoms with Gasteiger partial charge in [-0.2, -0.15) is 8.78 Å². The zero-order valence-corrected chi connectivity index (χ0v) is 19.9. The van der Waals surface area contributed by atoms with Crippen molar-refractivity contribution in [1.82, 2.24) is 16.0 Å². The zero-order valence-electron chi connectivity index (χ0n) is 17.6. The number of benzene rings is 2. The van der Waals surface area contributed by atoms with Crippen LogP contribution in [0.15, 0.2) is 47.5 Å². The monoisotopic (exact) mass is 548 g/mol. The second kappa shape index (κ2) is 13.6. The van der Waals surface area contributed by atoms with Crippen molar-refractivity contribution in [2.75, 3.05) is 27.7 Å². The van der Waals surface area contributed by atoms with E-state index in [2.05, 4.69) is 25.7 Å². The third-order valence-electron chi connectivity index (χ3n) is 4.28. The van der Waals surface area contributed by atoms with E-state index in [-0.39, 0.29) is 42.2 Å². The van der Waals surface area contributed by atoms with Crippen LogP contribution >= 0.6 is 24.0 Å². The third-order valence-corrected chi connectivity index (χ3v) is 4.28. The molecule has 31 heavy (non-hydrogen) atoms. The van der Waals surface area contributed by atoms with Crippen LogP contribution in [-0.2, 0) is 13.0 Å². The molecule has 0 spiro atoms. The Morgan fingerprint density at radius 2 is 1.94 bits per heavy atom. The largest absolute Gasteiger partial charge is 0.497 e. The van der Waals surface area contributed by atoms with Gasteiger partial charge in [0, 0.05) is 44.4 Å². The lowest BCUT2D eigenvalue weighted by Crippen LogP contribution is -2.38. The fourth-order valence-electron chi connectivity index (χ4n) is 2.75. The first-order valence-corrected chi connectivity index (χ1v) is 9.34. The van der Waals surface area contributed by atoms with Crippen molar-refractivity contribution in [2.24, 2.45) is 4.99 Å². The highest BCUT2D eigenvalue weighted by Gasteiger charge is 2.12. The number of methoxy groups -OCH3 is 1. The van der Waals surface area contributed by atoms with Gasteiger partial charge in [0.1, 0.15) is 11.5 Å². The summed E-state index contributed by atoms with van der Waals surface area (Å²) in [5, 5.41) is 8.83. The van der Waals surface area contributed by atoms with Crippen molar-refractivity contribution < 1.29 is 23.0 Å². The fraction of sp³-hybridized carbons (Fsp3) is 0.333. The van der Waals surface area contributed by atoms with Gasteiger partial charge in [-0.1, -0.05) is 12.1 Å². The summed E-state index contributed by atoms with van der Waals surface area (Å²) in [6, 6.07) is 12.1. The molecule has 0 aliphatic rings. The molecular weight excluding hydrogens is 521 g/mol. The summed E-state index contributed by atoms with van der Waals surface area (Å²) in [7, 11) is 4.66. The number of hydrogen-bond donors (Lipinski definition) is 3. The van der Waals surface area contributed by atoms with Gasteiger partial charge in [-0.05, 0) is 36.2 Å². The molecule has 0 aliphatic carbocycles. The van der Waals surface area contributed by atoms with Crippen molar-refractivity contribution >= 4 is 35.8 Å². The van der Waals surface area contributed by atoms with Gasteiger partial charge < -0.3 is 25.4 Å². The van der Waals surface area contributed by atoms with E-state index in [9.17, 15) is 13.6 Å². The molecule has 0 saturated heterocycles. The van der Waals surface area contributed by atoms with E-state index in [4.69, 9.17) is 4.74 Å². The van der Waals surface area contributed by atoms with Gasteiger partial charge in [0.2, 0.25) is 0 Å². The molecular formula is C21H27F2IN4O3. The Bertz CT molecular complexity index is 881. The van der Waals surface area contributed by atoms with Crippen LogP contribution < -0.4 is 25.4 Å². The van der Waals surface area contributed by atoms with E-state index < -0.39 is 6.61 Å². The zero-order chi connectivity index (χ0) is 21.9. The molecule has 170 valence electrons. The number of aliphatic imine (C=N–C) groups is 1. The molecule has 2 aromatic rings. The minimum absolute atomic E-state index is 0. The fourth-order valence-corrected chi connectivity index (χ4v) is 2.75. The summed E-state index contributed by atoms with van der Waals surface area (Å²) in [5.41, 5.74) is 2.14. The molecule has 2 rings (SSSR count). The van der Waals surface area contributed by atoms with E-state index >= 15 is 0 Å². The van der Waals surface area contributed by atoms with E-state index in [0.717, 1.165) is 5.56 Å². The summed E-state index contributed by atoms with van der Waals surface area (Å²) in [4.78, 5) is 15.9. The third kappa shape index (κ3) is 8.56. The summed E-state index contributed by atoms with van der Waals surface area (Å²) >= 11 is 0. The number of nitrogens with zero attached hydrogens (tertiary/aromatic N) is 1. The van der Waals surface area contributed by atoms with Crippen LogP contribution in [0.1, 0.15) is 21.5 Å². The molecule has 0 fully saturated rings. The van der Waals surface area contributed by atoms with Gasteiger partial charge in [-0.25, -0.2) is 0 Å². The molecule has 0 heterocycles. The number of hydrogen-bond acceptors (Lipinski definition) is 4. The van der Waals surface area contributed by atoms with Crippen LogP contribution in [0.3, 0.4) is 0 Å². The van der Waals surface area contributed by atoms with Gasteiger partial charge >= 0.3 is 6.61 Å². The lowest BCUT2D eigenvalue weighted by atomic mass is 10.1. The lowest BCUT2D eigenvalue weighted by Gasteiger charge is -2.15. The SMILES string of the molecule is CN=C(NCCc1cccc(C(=O)NC)c1)NCc1ccc(OC)cc1OC(F)F.I. The summed E-state index contributed by atoms with van der Waals surface area (Å²) < 4.78 is 35.0. The predicted molar refractivity (Wildman–Crippen MR) is 127 cm³/mol. The molecule has 0 aliphatic heterocycles. The molecule has 0 atom stereocenters. The number of nitrogens with one attached hydrogen (secondary N) is 3. The van der Waals surface area contributed by atoms with Crippen molar-refractivity contribution in [1.29, 1.82) is 0 Å². The molecule has 2 aromatic carbocycles. The predicted octanol–water partition coefficient (Wildman–Crippen LogP) is 3.18. The first kappa shape index (κ1) is 26.4. The molecule has 3 N–H and O–H groups in total. The number of ether oxygens (including phenoxy) is 2. The number of guanidine groups is 1. The lowest BCUT2D eigenvalue weighted by molar-refractivity contribution is -0.0505. The van der Waals surface area contributed by atoms with Gasteiger partial charge in [-0.15, -0.1) is 24.0 Å². The average Bonchev–Trinajstić information content (AvgIpc) is 2.75. The Balaban J connectivity index is 0.00000480. The van der Waals surface area contributed by atoms with Crippen molar-refractivity contribution in [3.63, 3.8) is 0 Å². The molecule has 7 nitrogen and oxygen atoms in total. The smallest absolute Gasteiger partial charge is 0.387 e. The summed E-state index contributed by atoms with van der Waals surface area (Å²) in [6.07, 6.45) is 0.674. The normalized spacial score (nSPS) is 10.8. The minimum atomic E-state index is -2.93.